The van der Waals surface area contributed by atoms with E-state index in [-0.39, 0.29) is 4.79 Å². The van der Waals surface area contributed by atoms with E-state index >= 15 is 0 Å². The van der Waals surface area contributed by atoms with E-state index in [9.17, 15) is 0 Å². The highest BCUT2D eigenvalue weighted by atomic mass is 16.7. The summed E-state index contributed by atoms with van der Waals surface area (Å²) in [5.74, 6) is 16.7. The molecule has 5 N–H and O–H groups in total. The van der Waals surface area contributed by atoms with Gasteiger partial charge in [0.15, 0.2) is 0 Å². The molecule has 0 aromatic heterocycles. The maximum Gasteiger partial charge on any atom is 0.556 e. The number of nitrogens with zero attached hydrogens (tertiary/aromatic N) is 1. The summed E-state index contributed by atoms with van der Waals surface area (Å²) >= 11 is 0. The highest BCUT2D eigenvalue weighted by Gasteiger charge is 1.93. The number of nitrogens with two attached hydrogens (primary N) is 1. The maximum absolute atomic E-state index is 8.06. The molecule has 0 saturated carbocycles. The van der Waals surface area contributed by atoms with Gasteiger partial charge in [0.2, 0.25) is 0 Å². The molecule has 0 aliphatic heterocycles. The van der Waals surface area contributed by atoms with Gasteiger partial charge in [0.1, 0.15) is 0 Å². The molecule has 0 heterocycles. The van der Waals surface area contributed by atoms with E-state index in [1.54, 1.807) is 0 Å². The summed E-state index contributed by atoms with van der Waals surface area (Å²) in [4.78, 5) is 3.38. The van der Waals surface area contributed by atoms with Crippen molar-refractivity contribution in [2.75, 3.05) is 0 Å². The van der Waals surface area contributed by atoms with Crippen LogP contribution in [0.5, 0.6) is 0 Å². The van der Waals surface area contributed by atoms with Crippen LogP contribution in [-0.2, 0) is 4.84 Å². The molecule has 0 atom stereocenters. The number of rotatable bonds is 0. The normalized spacial score (nSPS) is 7.57. The first-order valence-electron chi connectivity index (χ1n) is 1.33. The monoisotopic (exact) mass is 105 g/mol. The van der Waals surface area contributed by atoms with Crippen molar-refractivity contribution >= 4 is 6.08 Å². The molecule has 0 amide bonds. The highest BCUT2D eigenvalue weighted by Crippen LogP contribution is 1.71. The largest absolute Gasteiger partial charge is 0.556 e. The fraction of sp³-hybridized carbons (Fsp3) is 0. The van der Waals surface area contributed by atoms with E-state index in [2.05, 4.69) is 10.7 Å². The Kier molecular flexibility index (Phi) is 1.74. The zero-order chi connectivity index (χ0) is 5.86. The third-order valence-electron chi connectivity index (χ3n) is 0.297. The Balaban J connectivity index is 3.72. The third-order valence-corrected chi connectivity index (χ3v) is 0.297. The number of hydrogen-bond acceptors (Lipinski definition) is 2. The third kappa shape index (κ3) is 1.66. The molecule has 6 heteroatoms. The predicted molar refractivity (Wildman–Crippen MR) is 21.8 cm³/mol. The van der Waals surface area contributed by atoms with Gasteiger partial charge in [-0.05, 0) is 0 Å². The van der Waals surface area contributed by atoms with Crippen LogP contribution in [0.2, 0.25) is 0 Å². The molecule has 0 unspecified atom stereocenters. The van der Waals surface area contributed by atoms with Crippen LogP contribution in [0.3, 0.4) is 0 Å². The number of nitrogens with one attached hydrogen (secondary N) is 2. The molecule has 42 valence electrons. The number of aliphatic hydroxyl groups excluding tert-OH is 1. The molecule has 6 nitrogen and oxygen atoms in total. The minimum Gasteiger partial charge on any atom is -0.453 e. The lowest BCUT2D eigenvalue weighted by Gasteiger charge is -2.01. The average Bonchev–Trinajstić information content (AvgIpc) is 1.65. The quantitative estimate of drug-likeness (QED) is 0.192. The van der Waals surface area contributed by atoms with Gasteiger partial charge in [-0.15, -0.1) is 0 Å². The molecule has 0 aromatic carbocycles. The lowest BCUT2D eigenvalue weighted by molar-refractivity contribution is -0.405. The second-order valence-electron chi connectivity index (χ2n) is 0.736. The fourth-order valence-corrected chi connectivity index (χ4v) is 0.0527. The Bertz CT molecular complexity index is 83.7. The van der Waals surface area contributed by atoms with E-state index in [0.717, 1.165) is 0 Å². The van der Waals surface area contributed by atoms with Crippen LogP contribution in [0.25, 0.3) is 11.7 Å². The molecule has 0 spiro atoms. The van der Waals surface area contributed by atoms with E-state index in [4.69, 9.17) is 16.8 Å². The van der Waals surface area contributed by atoms with Crippen LogP contribution in [-0.4, -0.2) is 16.0 Å². The van der Waals surface area contributed by atoms with Crippen LogP contribution in [0.1, 0.15) is 0 Å². The number of hydrogen-bond donors (Lipinski definition) is 2. The standard InChI is InChI=1S/CH5N4O2/c2-5(3)1(6)7-4/h4H2,(H3-,2,3,6)/q-1. The van der Waals surface area contributed by atoms with Gasteiger partial charge in [0.05, 0.1) is 0 Å². The van der Waals surface area contributed by atoms with Gasteiger partial charge in [0, 0.05) is 0 Å². The Morgan fingerprint density at radius 2 is 2.14 bits per heavy atom. The van der Waals surface area contributed by atoms with Crippen LogP contribution in [0, 0.1) is 0 Å². The summed E-state index contributed by atoms with van der Waals surface area (Å²) in [7, 11) is 0. The van der Waals surface area contributed by atoms with Gasteiger partial charge in [-0.2, -0.15) is 5.90 Å². The van der Waals surface area contributed by atoms with Gasteiger partial charge in [-0.25, -0.2) is 4.79 Å². The molecule has 0 aliphatic carbocycles. The van der Waals surface area contributed by atoms with Crippen molar-refractivity contribution in [1.29, 1.82) is 0 Å². The summed E-state index contributed by atoms with van der Waals surface area (Å²) < 4.78 is 0. The summed E-state index contributed by atoms with van der Waals surface area (Å²) in [6.45, 7) is 0. The molecule has 0 aromatic rings. The topological polar surface area (TPSA) is 106 Å². The summed E-state index contributed by atoms with van der Waals surface area (Å²) in [6.07, 6.45) is -0.958. The minimum atomic E-state index is -0.958. The molecule has 0 bridgehead atoms. The average molecular weight is 105 g/mol. The lowest BCUT2D eigenvalue weighted by Crippen LogP contribution is -2.15. The van der Waals surface area contributed by atoms with Crippen molar-refractivity contribution in [2.24, 2.45) is 5.90 Å². The molecule has 7 heavy (non-hydrogen) atoms. The summed E-state index contributed by atoms with van der Waals surface area (Å²) in [5, 5.41) is 8.06. The number of aliphatic hydroxyl groups is 1. The summed E-state index contributed by atoms with van der Waals surface area (Å²) in [5.41, 5.74) is 0. The smallest absolute Gasteiger partial charge is 0.453 e. The molecule has 0 radical (unpaired) electrons. The first-order valence-corrected chi connectivity index (χ1v) is 1.33. The Morgan fingerprint density at radius 3 is 2.14 bits per heavy atom. The Morgan fingerprint density at radius 1 is 1.71 bits per heavy atom. The highest BCUT2D eigenvalue weighted by molar-refractivity contribution is 5.57. The second-order valence-corrected chi connectivity index (χ2v) is 0.736. The van der Waals surface area contributed by atoms with E-state index in [0.29, 0.717) is 0 Å². The van der Waals surface area contributed by atoms with Crippen molar-refractivity contribution in [3.8, 4) is 0 Å². The van der Waals surface area contributed by atoms with Crippen molar-refractivity contribution in [3.63, 3.8) is 0 Å². The van der Waals surface area contributed by atoms with Crippen molar-refractivity contribution in [2.45, 2.75) is 0 Å². The zero-order valence-corrected chi connectivity index (χ0v) is 3.38. The predicted octanol–water partition coefficient (Wildman–Crippen LogP) is -0.262. The Labute approximate surface area is 39.7 Å². The van der Waals surface area contributed by atoms with Gasteiger partial charge in [-0.3, -0.25) is 0 Å². The maximum atomic E-state index is 8.06. The first-order chi connectivity index (χ1) is 3.18. The van der Waals surface area contributed by atoms with E-state index in [1.807, 2.05) is 0 Å². The van der Waals surface area contributed by atoms with E-state index < -0.39 is 6.08 Å². The molecule has 0 aliphatic rings. The van der Waals surface area contributed by atoms with Crippen LogP contribution in [0.15, 0.2) is 0 Å². The van der Waals surface area contributed by atoms with Crippen LogP contribution < -0.4 is 5.90 Å². The van der Waals surface area contributed by atoms with Gasteiger partial charge in [0.25, 0.3) is 0 Å². The first kappa shape index (κ1) is 5.83. The van der Waals surface area contributed by atoms with Crippen LogP contribution in [0.4, 0.5) is 0 Å². The van der Waals surface area contributed by atoms with Gasteiger partial charge < -0.3 is 21.6 Å². The molecular formula is CH5N4O2-. The minimum absolute atomic E-state index is 0.153. The molecule has 0 saturated heterocycles. The lowest BCUT2D eigenvalue weighted by atomic mass is 11.3. The molecule has 0 rings (SSSR count). The molecule has 0 fully saturated rings. The van der Waals surface area contributed by atoms with Crippen molar-refractivity contribution < 1.29 is 14.7 Å². The van der Waals surface area contributed by atoms with Gasteiger partial charge in [-0.1, -0.05) is 0 Å². The SMILES string of the molecule is [NH-][N+]([NH-])=C(O)ON. The molecular weight excluding hydrogens is 100 g/mol. The Hall–Kier alpha value is -1.17. The van der Waals surface area contributed by atoms with Crippen molar-refractivity contribution in [3.05, 3.63) is 11.7 Å². The van der Waals surface area contributed by atoms with Crippen LogP contribution >= 0.6 is 0 Å². The van der Waals surface area contributed by atoms with Crippen molar-refractivity contribution in [1.82, 2.24) is 0 Å². The van der Waals surface area contributed by atoms with Gasteiger partial charge >= 0.3 is 6.08 Å². The fourth-order valence-electron chi connectivity index (χ4n) is 0.0527. The summed E-state index contributed by atoms with van der Waals surface area (Å²) in [6, 6.07) is 0. The second kappa shape index (κ2) is 2.08. The van der Waals surface area contributed by atoms with E-state index in [1.165, 1.54) is 0 Å². The zero-order valence-electron chi connectivity index (χ0n) is 3.38.